The number of benzene rings is 1. The fourth-order valence-corrected chi connectivity index (χ4v) is 4.12. The Bertz CT molecular complexity index is 695. The van der Waals surface area contributed by atoms with Gasteiger partial charge in [0.1, 0.15) is 5.69 Å². The van der Waals surface area contributed by atoms with Crippen LogP contribution in [0.5, 0.6) is 0 Å². The highest BCUT2D eigenvalue weighted by atomic mass is 16.6. The van der Waals surface area contributed by atoms with Gasteiger partial charge in [0.2, 0.25) is 11.8 Å². The molecule has 5 rings (SSSR count). The van der Waals surface area contributed by atoms with Crippen LogP contribution in [-0.4, -0.2) is 16.7 Å². The number of allylic oxidation sites excluding steroid dienone is 2. The third kappa shape index (κ3) is 1.60. The molecule has 1 aromatic rings. The van der Waals surface area contributed by atoms with Crippen LogP contribution in [0.3, 0.4) is 0 Å². The number of carbonyl (C=O) groups is 2. The van der Waals surface area contributed by atoms with Gasteiger partial charge in [-0.2, -0.15) is 0 Å². The van der Waals surface area contributed by atoms with Crippen LogP contribution >= 0.6 is 0 Å². The maximum Gasteiger partial charge on any atom is 0.293 e. The first kappa shape index (κ1) is 13.2. The molecule has 0 unspecified atom stereocenters. The molecule has 3 aliphatic carbocycles. The summed E-state index contributed by atoms with van der Waals surface area (Å²) in [5.41, 5.74) is -0.112. The van der Waals surface area contributed by atoms with Crippen molar-refractivity contribution in [2.75, 3.05) is 4.90 Å². The zero-order valence-corrected chi connectivity index (χ0v) is 11.7. The molecule has 1 saturated carbocycles. The molecule has 1 saturated heterocycles. The average molecular weight is 298 g/mol. The zero-order valence-electron chi connectivity index (χ0n) is 11.7. The van der Waals surface area contributed by atoms with Crippen molar-refractivity contribution in [1.82, 2.24) is 0 Å². The predicted octanol–water partition coefficient (Wildman–Crippen LogP) is 2.30. The topological polar surface area (TPSA) is 80.5 Å². The Morgan fingerprint density at radius 2 is 1.55 bits per heavy atom. The van der Waals surface area contributed by atoms with Gasteiger partial charge in [-0.15, -0.1) is 0 Å². The summed E-state index contributed by atoms with van der Waals surface area (Å²) in [4.78, 5) is 37.2. The molecule has 2 amide bonds. The molecule has 1 aromatic carbocycles. The summed E-state index contributed by atoms with van der Waals surface area (Å²) in [6, 6.07) is 5.94. The highest BCUT2D eigenvalue weighted by molar-refractivity contribution is 6.23. The Morgan fingerprint density at radius 1 is 1.00 bits per heavy atom. The van der Waals surface area contributed by atoms with E-state index in [2.05, 4.69) is 0 Å². The standard InChI is InChI=1S/C16H14N2O4/c19-15-13-9-5-6-10(8-7-9)14(13)16(20)17(15)11-3-1-2-4-12(11)18(21)22/h1-6,9-10,13-14H,7-8H2/t9-,10-,13-,14+/m0/s1. The molecular formula is C16H14N2O4. The summed E-state index contributed by atoms with van der Waals surface area (Å²) in [5, 5.41) is 11.2. The van der Waals surface area contributed by atoms with Crippen LogP contribution in [-0.2, 0) is 9.59 Å². The molecule has 1 aliphatic heterocycles. The van der Waals surface area contributed by atoms with Crippen molar-refractivity contribution in [3.05, 3.63) is 46.5 Å². The van der Waals surface area contributed by atoms with Crippen molar-refractivity contribution in [2.24, 2.45) is 23.7 Å². The summed E-state index contributed by atoms with van der Waals surface area (Å²) in [6.07, 6.45) is 5.88. The monoisotopic (exact) mass is 298 g/mol. The number of nitro benzene ring substituents is 1. The molecule has 112 valence electrons. The van der Waals surface area contributed by atoms with Crippen molar-refractivity contribution in [3.8, 4) is 0 Å². The van der Waals surface area contributed by atoms with Gasteiger partial charge in [0, 0.05) is 6.07 Å². The van der Waals surface area contributed by atoms with E-state index in [0.717, 1.165) is 17.7 Å². The predicted molar refractivity (Wildman–Crippen MR) is 77.9 cm³/mol. The number of anilines is 1. The Morgan fingerprint density at radius 3 is 2.05 bits per heavy atom. The van der Waals surface area contributed by atoms with Gasteiger partial charge in [-0.25, -0.2) is 4.90 Å². The second kappa shape index (κ2) is 4.50. The van der Waals surface area contributed by atoms with Gasteiger partial charge in [0.05, 0.1) is 16.8 Å². The highest BCUT2D eigenvalue weighted by Crippen LogP contribution is 2.51. The van der Waals surface area contributed by atoms with E-state index in [1.54, 1.807) is 6.07 Å². The zero-order chi connectivity index (χ0) is 15.4. The molecule has 2 fully saturated rings. The molecule has 22 heavy (non-hydrogen) atoms. The Hall–Kier alpha value is -2.50. The number of imide groups is 1. The van der Waals surface area contributed by atoms with E-state index in [0.29, 0.717) is 0 Å². The number of carbonyl (C=O) groups excluding carboxylic acids is 2. The first-order valence-corrected chi connectivity index (χ1v) is 7.39. The van der Waals surface area contributed by atoms with E-state index >= 15 is 0 Å². The summed E-state index contributed by atoms with van der Waals surface area (Å²) < 4.78 is 0. The van der Waals surface area contributed by atoms with E-state index < -0.39 is 4.92 Å². The molecule has 0 N–H and O–H groups in total. The van der Waals surface area contributed by atoms with Gasteiger partial charge < -0.3 is 0 Å². The van der Waals surface area contributed by atoms with Gasteiger partial charge in [0.15, 0.2) is 0 Å². The van der Waals surface area contributed by atoms with Crippen LogP contribution in [0.25, 0.3) is 0 Å². The highest BCUT2D eigenvalue weighted by Gasteiger charge is 2.57. The molecule has 0 radical (unpaired) electrons. The molecule has 6 nitrogen and oxygen atoms in total. The maximum absolute atomic E-state index is 12.8. The minimum Gasteiger partial charge on any atom is -0.274 e. The number of para-hydroxylation sites is 2. The summed E-state index contributed by atoms with van der Waals surface area (Å²) >= 11 is 0. The third-order valence-corrected chi connectivity index (χ3v) is 5.08. The average Bonchev–Trinajstić information content (AvgIpc) is 2.82. The van der Waals surface area contributed by atoms with Gasteiger partial charge in [-0.3, -0.25) is 19.7 Å². The number of amides is 2. The van der Waals surface area contributed by atoms with E-state index in [-0.39, 0.29) is 46.9 Å². The SMILES string of the molecule is O=C1[C@@H]2[C@H](C(=O)N1c1ccccc1[N+](=O)[O-])[C@H]1C=C[C@H]2CC1. The van der Waals surface area contributed by atoms with Crippen LogP contribution in [0.4, 0.5) is 11.4 Å². The molecule has 6 heteroatoms. The molecule has 4 atom stereocenters. The number of hydrogen-bond acceptors (Lipinski definition) is 4. The van der Waals surface area contributed by atoms with Crippen molar-refractivity contribution >= 4 is 23.2 Å². The van der Waals surface area contributed by atoms with Crippen LogP contribution in [0.1, 0.15) is 12.8 Å². The Labute approximate surface area is 126 Å². The van der Waals surface area contributed by atoms with Crippen LogP contribution < -0.4 is 4.90 Å². The van der Waals surface area contributed by atoms with Gasteiger partial charge >= 0.3 is 0 Å². The molecule has 0 aromatic heterocycles. The Kier molecular flexibility index (Phi) is 2.69. The van der Waals surface area contributed by atoms with Gasteiger partial charge in [-0.05, 0) is 30.7 Å². The number of hydrogen-bond donors (Lipinski definition) is 0. The largest absolute Gasteiger partial charge is 0.293 e. The number of nitro groups is 1. The Balaban J connectivity index is 1.81. The number of rotatable bonds is 2. The fraction of sp³-hybridized carbons (Fsp3) is 0.375. The molecule has 0 spiro atoms. The third-order valence-electron chi connectivity index (χ3n) is 5.08. The molecule has 2 bridgehead atoms. The van der Waals surface area contributed by atoms with E-state index in [4.69, 9.17) is 0 Å². The van der Waals surface area contributed by atoms with Crippen LogP contribution in [0, 0.1) is 33.8 Å². The van der Waals surface area contributed by atoms with E-state index in [9.17, 15) is 19.7 Å². The lowest BCUT2D eigenvalue weighted by atomic mass is 9.63. The van der Waals surface area contributed by atoms with Crippen molar-refractivity contribution in [2.45, 2.75) is 12.8 Å². The quantitative estimate of drug-likeness (QED) is 0.363. The normalized spacial score (nSPS) is 32.5. The lowest BCUT2D eigenvalue weighted by Crippen LogP contribution is -2.38. The molecule has 4 aliphatic rings. The van der Waals surface area contributed by atoms with Gasteiger partial charge in [-0.1, -0.05) is 24.3 Å². The first-order valence-electron chi connectivity index (χ1n) is 7.39. The summed E-state index contributed by atoms with van der Waals surface area (Å²) in [6.45, 7) is 0. The second-order valence-corrected chi connectivity index (χ2v) is 6.10. The lowest BCUT2D eigenvalue weighted by molar-refractivity contribution is -0.384. The van der Waals surface area contributed by atoms with Gasteiger partial charge in [0.25, 0.3) is 5.69 Å². The van der Waals surface area contributed by atoms with Crippen LogP contribution in [0.2, 0.25) is 0 Å². The molecule has 1 heterocycles. The van der Waals surface area contributed by atoms with Crippen molar-refractivity contribution in [1.29, 1.82) is 0 Å². The first-order chi connectivity index (χ1) is 10.6. The lowest BCUT2D eigenvalue weighted by Gasteiger charge is -2.38. The summed E-state index contributed by atoms with van der Waals surface area (Å²) in [7, 11) is 0. The molecular weight excluding hydrogens is 284 g/mol. The smallest absolute Gasteiger partial charge is 0.274 e. The summed E-state index contributed by atoms with van der Waals surface area (Å²) in [5.74, 6) is -1.11. The second-order valence-electron chi connectivity index (χ2n) is 6.10. The van der Waals surface area contributed by atoms with E-state index in [1.807, 2.05) is 12.2 Å². The van der Waals surface area contributed by atoms with Crippen molar-refractivity contribution in [3.63, 3.8) is 0 Å². The minimum absolute atomic E-state index is 0.0826. The van der Waals surface area contributed by atoms with Crippen LogP contribution in [0.15, 0.2) is 36.4 Å². The van der Waals surface area contributed by atoms with E-state index in [1.165, 1.54) is 18.2 Å². The van der Waals surface area contributed by atoms with Crippen molar-refractivity contribution < 1.29 is 14.5 Å². The maximum atomic E-state index is 12.8. The number of fused-ring (bicyclic) bond motifs is 1. The minimum atomic E-state index is -0.551. The fourth-order valence-electron chi connectivity index (χ4n) is 4.12. The number of nitrogens with zero attached hydrogens (tertiary/aromatic N) is 2.